The second kappa shape index (κ2) is 6.69. The minimum absolute atomic E-state index is 0.424. The third kappa shape index (κ3) is 3.97. The predicted octanol–water partition coefficient (Wildman–Crippen LogP) is 2.49. The van der Waals surface area contributed by atoms with Crippen LogP contribution in [0.1, 0.15) is 26.2 Å². The van der Waals surface area contributed by atoms with Crippen LogP contribution in [-0.2, 0) is 0 Å². The number of likely N-dealkylation sites (tertiary alicyclic amines) is 1. The summed E-state index contributed by atoms with van der Waals surface area (Å²) in [6, 6.07) is 0.424. The summed E-state index contributed by atoms with van der Waals surface area (Å²) in [5, 5.41) is 2.96. The van der Waals surface area contributed by atoms with Crippen molar-refractivity contribution in [2.24, 2.45) is 0 Å². The quantitative estimate of drug-likeness (QED) is 0.700. The Morgan fingerprint density at radius 1 is 1.62 bits per heavy atom. The molecule has 0 saturated carbocycles. The Bertz CT molecular complexity index is 250. The minimum atomic E-state index is -0.641. The van der Waals surface area contributed by atoms with Gasteiger partial charge in [0.2, 0.25) is 0 Å². The van der Waals surface area contributed by atoms with E-state index in [9.17, 15) is 4.39 Å². The molecule has 1 aliphatic rings. The van der Waals surface area contributed by atoms with Gasteiger partial charge in [0.1, 0.15) is 6.17 Å². The van der Waals surface area contributed by atoms with Crippen LogP contribution in [0.4, 0.5) is 4.39 Å². The Balaban J connectivity index is 2.39. The van der Waals surface area contributed by atoms with Crippen molar-refractivity contribution in [3.63, 3.8) is 0 Å². The molecule has 0 aliphatic carbocycles. The van der Waals surface area contributed by atoms with Crippen LogP contribution < -0.4 is 5.32 Å². The fourth-order valence-electron chi connectivity index (χ4n) is 2.19. The molecule has 2 atom stereocenters. The molecule has 1 rings (SSSR count). The van der Waals surface area contributed by atoms with Gasteiger partial charge in [-0.2, -0.15) is 0 Å². The lowest BCUT2D eigenvalue weighted by Crippen LogP contribution is -2.29. The smallest absolute Gasteiger partial charge is 0.114 e. The molecular weight excluding hydrogens is 203 g/mol. The maximum Gasteiger partial charge on any atom is 0.114 e. The van der Waals surface area contributed by atoms with Crippen LogP contribution in [0.5, 0.6) is 0 Å². The molecule has 0 spiro atoms. The van der Waals surface area contributed by atoms with Gasteiger partial charge in [0.15, 0.2) is 0 Å². The van der Waals surface area contributed by atoms with E-state index in [0.717, 1.165) is 25.1 Å². The maximum absolute atomic E-state index is 13.3. The number of halogens is 1. The van der Waals surface area contributed by atoms with Crippen LogP contribution in [0, 0.1) is 0 Å². The molecule has 3 heteroatoms. The van der Waals surface area contributed by atoms with Crippen molar-refractivity contribution in [1.82, 2.24) is 10.2 Å². The van der Waals surface area contributed by atoms with Crippen molar-refractivity contribution in [2.45, 2.75) is 38.4 Å². The number of nitrogens with zero attached hydrogens (tertiary/aromatic N) is 1. The maximum atomic E-state index is 13.3. The van der Waals surface area contributed by atoms with E-state index in [4.69, 9.17) is 0 Å². The van der Waals surface area contributed by atoms with Crippen molar-refractivity contribution in [3.8, 4) is 0 Å². The summed E-state index contributed by atoms with van der Waals surface area (Å²) < 4.78 is 13.3. The van der Waals surface area contributed by atoms with E-state index in [0.29, 0.717) is 19.0 Å². The Hall–Kier alpha value is -0.830. The highest BCUT2D eigenvalue weighted by Crippen LogP contribution is 2.23. The summed E-state index contributed by atoms with van der Waals surface area (Å²) in [5.41, 5.74) is 0.892. The summed E-state index contributed by atoms with van der Waals surface area (Å²) in [6.07, 6.45) is 6.29. The SMILES string of the molecule is C=C(/C=C/CN1CC(F)CC1CCC)NC. The van der Waals surface area contributed by atoms with E-state index in [1.54, 1.807) is 0 Å². The fourth-order valence-corrected chi connectivity index (χ4v) is 2.19. The fraction of sp³-hybridized carbons (Fsp3) is 0.692. The molecule has 16 heavy (non-hydrogen) atoms. The second-order valence-corrected chi connectivity index (χ2v) is 4.41. The normalized spacial score (nSPS) is 26.4. The van der Waals surface area contributed by atoms with E-state index in [-0.39, 0.29) is 0 Å². The Morgan fingerprint density at radius 3 is 3.00 bits per heavy atom. The zero-order valence-corrected chi connectivity index (χ0v) is 10.4. The van der Waals surface area contributed by atoms with E-state index >= 15 is 0 Å². The highest BCUT2D eigenvalue weighted by molar-refractivity contribution is 5.12. The van der Waals surface area contributed by atoms with Gasteiger partial charge in [-0.15, -0.1) is 0 Å². The molecule has 0 aromatic rings. The number of likely N-dealkylation sites (N-methyl/N-ethyl adjacent to an activating group) is 1. The second-order valence-electron chi connectivity index (χ2n) is 4.41. The van der Waals surface area contributed by atoms with E-state index in [1.165, 1.54) is 0 Å². The third-order valence-electron chi connectivity index (χ3n) is 3.08. The van der Waals surface area contributed by atoms with Crippen LogP contribution in [-0.4, -0.2) is 37.3 Å². The lowest BCUT2D eigenvalue weighted by molar-refractivity contribution is 0.257. The van der Waals surface area contributed by atoms with Crippen LogP contribution in [0.3, 0.4) is 0 Å². The van der Waals surface area contributed by atoms with Gasteiger partial charge in [-0.25, -0.2) is 4.39 Å². The first-order valence-electron chi connectivity index (χ1n) is 6.08. The van der Waals surface area contributed by atoms with Gasteiger partial charge in [0.05, 0.1) is 0 Å². The molecule has 1 fully saturated rings. The zero-order valence-electron chi connectivity index (χ0n) is 10.4. The lowest BCUT2D eigenvalue weighted by atomic mass is 10.1. The highest BCUT2D eigenvalue weighted by atomic mass is 19.1. The van der Waals surface area contributed by atoms with Gasteiger partial charge >= 0.3 is 0 Å². The molecule has 0 aromatic carbocycles. The number of hydrogen-bond acceptors (Lipinski definition) is 2. The van der Waals surface area contributed by atoms with Crippen molar-refractivity contribution in [2.75, 3.05) is 20.1 Å². The van der Waals surface area contributed by atoms with E-state index in [1.807, 2.05) is 13.1 Å². The number of rotatable bonds is 6. The average molecular weight is 226 g/mol. The number of alkyl halides is 1. The van der Waals surface area contributed by atoms with Crippen molar-refractivity contribution in [3.05, 3.63) is 24.4 Å². The third-order valence-corrected chi connectivity index (χ3v) is 3.08. The first-order chi connectivity index (χ1) is 7.67. The summed E-state index contributed by atoms with van der Waals surface area (Å²) in [5.74, 6) is 0. The first-order valence-corrected chi connectivity index (χ1v) is 6.08. The first kappa shape index (κ1) is 13.2. The number of hydrogen-bond donors (Lipinski definition) is 1. The van der Waals surface area contributed by atoms with E-state index < -0.39 is 6.17 Å². The molecule has 0 aromatic heterocycles. The summed E-state index contributed by atoms with van der Waals surface area (Å²) in [4.78, 5) is 2.23. The Labute approximate surface area is 98.2 Å². The monoisotopic (exact) mass is 226 g/mol. The number of allylic oxidation sites excluding steroid dienone is 1. The van der Waals surface area contributed by atoms with Gasteiger partial charge < -0.3 is 5.32 Å². The zero-order chi connectivity index (χ0) is 12.0. The Morgan fingerprint density at radius 2 is 2.38 bits per heavy atom. The molecule has 0 amide bonds. The van der Waals surface area contributed by atoms with Gasteiger partial charge in [0.25, 0.3) is 0 Å². The van der Waals surface area contributed by atoms with Crippen molar-refractivity contribution in [1.29, 1.82) is 0 Å². The van der Waals surface area contributed by atoms with Crippen molar-refractivity contribution >= 4 is 0 Å². The average Bonchev–Trinajstić information content (AvgIpc) is 2.59. The van der Waals surface area contributed by atoms with Crippen LogP contribution in [0.2, 0.25) is 0 Å². The molecule has 2 nitrogen and oxygen atoms in total. The van der Waals surface area contributed by atoms with Gasteiger partial charge in [0, 0.05) is 31.9 Å². The molecular formula is C13H23FN2. The van der Waals surface area contributed by atoms with Crippen LogP contribution >= 0.6 is 0 Å². The standard InChI is InChI=1S/C13H23FN2/c1-4-6-13-9-12(14)10-16(13)8-5-7-11(2)15-3/h5,7,12-13,15H,2,4,6,8-10H2,1,3H3/b7-5+. The lowest BCUT2D eigenvalue weighted by Gasteiger charge is -2.21. The molecule has 1 heterocycles. The molecule has 92 valence electrons. The van der Waals surface area contributed by atoms with E-state index in [2.05, 4.69) is 29.8 Å². The molecule has 2 unspecified atom stereocenters. The highest BCUT2D eigenvalue weighted by Gasteiger charge is 2.30. The van der Waals surface area contributed by atoms with Crippen molar-refractivity contribution < 1.29 is 4.39 Å². The largest absolute Gasteiger partial charge is 0.389 e. The number of nitrogens with one attached hydrogen (secondary N) is 1. The summed E-state index contributed by atoms with van der Waals surface area (Å²) in [7, 11) is 1.85. The summed E-state index contributed by atoms with van der Waals surface area (Å²) in [6.45, 7) is 7.38. The minimum Gasteiger partial charge on any atom is -0.389 e. The van der Waals surface area contributed by atoms with Crippen LogP contribution in [0.25, 0.3) is 0 Å². The molecule has 0 radical (unpaired) electrons. The predicted molar refractivity (Wildman–Crippen MR) is 67.1 cm³/mol. The van der Waals surface area contributed by atoms with Crippen LogP contribution in [0.15, 0.2) is 24.4 Å². The molecule has 1 aliphatic heterocycles. The molecule has 1 saturated heterocycles. The topological polar surface area (TPSA) is 15.3 Å². The van der Waals surface area contributed by atoms with Gasteiger partial charge in [-0.05, 0) is 18.9 Å². The molecule has 0 bridgehead atoms. The summed E-state index contributed by atoms with van der Waals surface area (Å²) >= 11 is 0. The van der Waals surface area contributed by atoms with Gasteiger partial charge in [-0.3, -0.25) is 4.90 Å². The Kier molecular flexibility index (Phi) is 5.53. The van der Waals surface area contributed by atoms with Gasteiger partial charge in [-0.1, -0.05) is 26.0 Å². The molecule has 1 N–H and O–H groups in total.